The summed E-state index contributed by atoms with van der Waals surface area (Å²) in [6, 6.07) is 6.60. The number of aromatic hydroxyl groups is 2. The molecule has 160 valence electrons. The lowest BCUT2D eigenvalue weighted by Crippen LogP contribution is -2.19. The smallest absolute Gasteiger partial charge is 0.203 e. The molecule has 0 heterocycles. The van der Waals surface area contributed by atoms with Crippen molar-refractivity contribution in [2.45, 2.75) is 26.4 Å². The number of ether oxygens (including phenoxy) is 4. The summed E-state index contributed by atoms with van der Waals surface area (Å²) >= 11 is 0. The minimum atomic E-state index is -0.829. The van der Waals surface area contributed by atoms with Crippen molar-refractivity contribution in [1.82, 2.24) is 0 Å². The van der Waals surface area contributed by atoms with E-state index in [2.05, 4.69) is 0 Å². The van der Waals surface area contributed by atoms with E-state index in [-0.39, 0.29) is 34.8 Å². The van der Waals surface area contributed by atoms with Crippen LogP contribution in [-0.4, -0.2) is 43.8 Å². The molecule has 0 aromatic heterocycles. The largest absolute Gasteiger partial charge is 0.504 e. The van der Waals surface area contributed by atoms with Gasteiger partial charge in [0.1, 0.15) is 0 Å². The van der Waals surface area contributed by atoms with Crippen LogP contribution < -0.4 is 18.9 Å². The zero-order valence-corrected chi connectivity index (χ0v) is 17.7. The second-order valence-corrected chi connectivity index (χ2v) is 7.11. The number of phenols is 2. The second kappa shape index (κ2) is 9.60. The van der Waals surface area contributed by atoms with E-state index in [1.165, 1.54) is 34.5 Å². The minimum absolute atomic E-state index is 0.00654. The maximum atomic E-state index is 10.9. The number of benzene rings is 2. The molecular formula is C22H30O7. The molecule has 2 rings (SSSR count). The Morgan fingerprint density at radius 2 is 1.28 bits per heavy atom. The minimum Gasteiger partial charge on any atom is -0.504 e. The van der Waals surface area contributed by atoms with Gasteiger partial charge in [-0.25, -0.2) is 0 Å². The average molecular weight is 406 g/mol. The van der Waals surface area contributed by atoms with Crippen LogP contribution in [0, 0.1) is 11.8 Å². The molecule has 0 aliphatic heterocycles. The van der Waals surface area contributed by atoms with Gasteiger partial charge in [0.05, 0.1) is 34.5 Å². The standard InChI is InChI=1S/C22H30O7/c1-12(7-14-8-16(23)21(28-5)18(9-14)26-3)13(2)20(25)15-10-17(24)22(29-6)19(11-15)27-4/h8-13,20,23-25H,7H2,1-6H3. The molecule has 2 aromatic carbocycles. The van der Waals surface area contributed by atoms with Crippen LogP contribution in [0.5, 0.6) is 34.5 Å². The van der Waals surface area contributed by atoms with E-state index >= 15 is 0 Å². The van der Waals surface area contributed by atoms with Gasteiger partial charge < -0.3 is 34.3 Å². The monoisotopic (exact) mass is 406 g/mol. The van der Waals surface area contributed by atoms with Crippen LogP contribution >= 0.6 is 0 Å². The zero-order valence-electron chi connectivity index (χ0n) is 17.7. The van der Waals surface area contributed by atoms with E-state index in [0.29, 0.717) is 23.5 Å². The Balaban J connectivity index is 2.23. The molecule has 0 saturated heterocycles. The predicted molar refractivity (Wildman–Crippen MR) is 109 cm³/mol. The molecule has 0 amide bonds. The van der Waals surface area contributed by atoms with Crippen molar-refractivity contribution in [2.75, 3.05) is 28.4 Å². The predicted octanol–water partition coefficient (Wildman–Crippen LogP) is 3.68. The molecule has 0 fully saturated rings. The van der Waals surface area contributed by atoms with Crippen LogP contribution in [-0.2, 0) is 6.42 Å². The van der Waals surface area contributed by atoms with E-state index in [4.69, 9.17) is 18.9 Å². The topological polar surface area (TPSA) is 97.6 Å². The van der Waals surface area contributed by atoms with Crippen LogP contribution in [0.4, 0.5) is 0 Å². The van der Waals surface area contributed by atoms with Crippen LogP contribution in [0.1, 0.15) is 31.1 Å². The fraction of sp³-hybridized carbons (Fsp3) is 0.455. The van der Waals surface area contributed by atoms with Crippen LogP contribution in [0.2, 0.25) is 0 Å². The summed E-state index contributed by atoms with van der Waals surface area (Å²) in [6.07, 6.45) is -0.227. The molecule has 0 spiro atoms. The number of hydrogen-bond acceptors (Lipinski definition) is 7. The van der Waals surface area contributed by atoms with Gasteiger partial charge in [0.2, 0.25) is 11.5 Å². The third kappa shape index (κ3) is 4.79. The van der Waals surface area contributed by atoms with Gasteiger partial charge >= 0.3 is 0 Å². The van der Waals surface area contributed by atoms with Crippen molar-refractivity contribution in [3.05, 3.63) is 35.4 Å². The number of methoxy groups -OCH3 is 4. The lowest BCUT2D eigenvalue weighted by Gasteiger charge is -2.26. The van der Waals surface area contributed by atoms with Gasteiger partial charge in [0.15, 0.2) is 23.0 Å². The van der Waals surface area contributed by atoms with Gasteiger partial charge in [-0.2, -0.15) is 0 Å². The number of rotatable bonds is 9. The quantitative estimate of drug-likeness (QED) is 0.584. The van der Waals surface area contributed by atoms with Gasteiger partial charge in [0.25, 0.3) is 0 Å². The number of aliphatic hydroxyl groups is 1. The molecule has 29 heavy (non-hydrogen) atoms. The number of phenolic OH excluding ortho intramolecular Hbond substituents is 2. The van der Waals surface area contributed by atoms with E-state index in [1.807, 2.05) is 19.9 Å². The normalized spacial score (nSPS) is 14.0. The Labute approximate surface area is 171 Å². The van der Waals surface area contributed by atoms with Crippen LogP contribution in [0.25, 0.3) is 0 Å². The van der Waals surface area contributed by atoms with Gasteiger partial charge in [0, 0.05) is 0 Å². The van der Waals surface area contributed by atoms with E-state index in [0.717, 1.165) is 5.56 Å². The summed E-state index contributed by atoms with van der Waals surface area (Å²) < 4.78 is 20.8. The highest BCUT2D eigenvalue weighted by atomic mass is 16.5. The molecule has 3 N–H and O–H groups in total. The fourth-order valence-corrected chi connectivity index (χ4v) is 3.43. The Morgan fingerprint density at radius 3 is 1.79 bits per heavy atom. The maximum Gasteiger partial charge on any atom is 0.203 e. The van der Waals surface area contributed by atoms with E-state index in [9.17, 15) is 15.3 Å². The summed E-state index contributed by atoms with van der Waals surface area (Å²) in [4.78, 5) is 0. The summed E-state index contributed by atoms with van der Waals surface area (Å²) in [6.45, 7) is 3.95. The Kier molecular flexibility index (Phi) is 7.45. The molecular weight excluding hydrogens is 376 g/mol. The summed E-state index contributed by atoms with van der Waals surface area (Å²) in [5, 5.41) is 31.2. The Morgan fingerprint density at radius 1 is 0.759 bits per heavy atom. The van der Waals surface area contributed by atoms with Crippen molar-refractivity contribution >= 4 is 0 Å². The third-order valence-electron chi connectivity index (χ3n) is 5.30. The average Bonchev–Trinajstić information content (AvgIpc) is 2.71. The first kappa shape index (κ1) is 22.5. The third-order valence-corrected chi connectivity index (χ3v) is 5.30. The highest BCUT2D eigenvalue weighted by molar-refractivity contribution is 5.54. The first-order chi connectivity index (χ1) is 13.8. The molecule has 0 radical (unpaired) electrons. The number of aliphatic hydroxyl groups excluding tert-OH is 1. The van der Waals surface area contributed by atoms with Gasteiger partial charge in [-0.1, -0.05) is 13.8 Å². The lowest BCUT2D eigenvalue weighted by molar-refractivity contribution is 0.0866. The van der Waals surface area contributed by atoms with E-state index in [1.54, 1.807) is 12.1 Å². The van der Waals surface area contributed by atoms with Crippen molar-refractivity contribution < 1.29 is 34.3 Å². The molecule has 7 nitrogen and oxygen atoms in total. The van der Waals surface area contributed by atoms with Gasteiger partial charge in [-0.3, -0.25) is 0 Å². The molecule has 0 aliphatic rings. The van der Waals surface area contributed by atoms with E-state index < -0.39 is 6.10 Å². The van der Waals surface area contributed by atoms with Gasteiger partial charge in [-0.05, 0) is 53.6 Å². The molecule has 3 atom stereocenters. The van der Waals surface area contributed by atoms with Crippen molar-refractivity contribution in [2.24, 2.45) is 11.8 Å². The first-order valence-corrected chi connectivity index (χ1v) is 9.34. The summed E-state index contributed by atoms with van der Waals surface area (Å²) in [5.41, 5.74) is 1.40. The summed E-state index contributed by atoms with van der Waals surface area (Å²) in [7, 11) is 5.90. The molecule has 2 aromatic rings. The zero-order chi connectivity index (χ0) is 21.7. The van der Waals surface area contributed by atoms with Crippen LogP contribution in [0.15, 0.2) is 24.3 Å². The molecule has 3 unspecified atom stereocenters. The molecule has 7 heteroatoms. The number of hydrogen-bond donors (Lipinski definition) is 3. The second-order valence-electron chi connectivity index (χ2n) is 7.11. The highest BCUT2D eigenvalue weighted by Gasteiger charge is 2.26. The van der Waals surface area contributed by atoms with Crippen molar-refractivity contribution in [1.29, 1.82) is 0 Å². The lowest BCUT2D eigenvalue weighted by atomic mass is 9.83. The Hall–Kier alpha value is -2.80. The Bertz CT molecular complexity index is 834. The SMILES string of the molecule is COc1cc(CC(C)C(C)C(O)c2cc(O)c(OC)c(OC)c2)cc(O)c1OC. The first-order valence-electron chi connectivity index (χ1n) is 9.34. The van der Waals surface area contributed by atoms with Crippen molar-refractivity contribution in [3.8, 4) is 34.5 Å². The van der Waals surface area contributed by atoms with Crippen molar-refractivity contribution in [3.63, 3.8) is 0 Å². The van der Waals surface area contributed by atoms with Crippen LogP contribution in [0.3, 0.4) is 0 Å². The molecule has 0 saturated carbocycles. The highest BCUT2D eigenvalue weighted by Crippen LogP contribution is 2.42. The molecule has 0 aliphatic carbocycles. The fourth-order valence-electron chi connectivity index (χ4n) is 3.43. The molecule has 0 bridgehead atoms. The maximum absolute atomic E-state index is 10.9. The van der Waals surface area contributed by atoms with Gasteiger partial charge in [-0.15, -0.1) is 0 Å². The summed E-state index contributed by atoms with van der Waals surface area (Å²) in [5.74, 6) is 1.14.